The molecule has 0 bridgehead atoms. The van der Waals surface area contributed by atoms with Crippen molar-refractivity contribution in [2.24, 2.45) is 0 Å². The molecule has 0 saturated heterocycles. The summed E-state index contributed by atoms with van der Waals surface area (Å²) >= 11 is 23.0. The van der Waals surface area contributed by atoms with Crippen molar-refractivity contribution in [3.05, 3.63) is 29.8 Å². The maximum absolute atomic E-state index is 12.1. The summed E-state index contributed by atoms with van der Waals surface area (Å²) in [4.78, 5) is 23.0. The first-order chi connectivity index (χ1) is 13.1. The van der Waals surface area contributed by atoms with E-state index in [2.05, 4.69) is 22.9 Å². The van der Waals surface area contributed by atoms with E-state index in [4.69, 9.17) is 52.1 Å². The van der Waals surface area contributed by atoms with Crippen LogP contribution in [0.2, 0.25) is 0 Å². The highest BCUT2D eigenvalue weighted by Gasteiger charge is 2.34. The Hall–Kier alpha value is -1.28. The summed E-state index contributed by atoms with van der Waals surface area (Å²) in [6.45, 7) is 2.13. The number of hydrogen-bond donors (Lipinski definition) is 4. The Labute approximate surface area is 185 Å². The summed E-state index contributed by atoms with van der Waals surface area (Å²) in [6, 6.07) is 5.97. The number of carboxylic acids is 1. The smallest absolute Gasteiger partial charge is 0.335 e. The van der Waals surface area contributed by atoms with Crippen LogP contribution in [0.4, 0.5) is 5.69 Å². The number of anilines is 1. The number of thiocarbonyl (C=S) groups is 1. The number of rotatable bonds is 10. The molecule has 1 aromatic rings. The highest BCUT2D eigenvalue weighted by Crippen LogP contribution is 2.29. The molecule has 0 aliphatic carbocycles. The Balaban J connectivity index is 2.57. The number of nitrogens with one attached hydrogen (secondary N) is 3. The van der Waals surface area contributed by atoms with Crippen molar-refractivity contribution in [2.45, 2.75) is 55.4 Å². The van der Waals surface area contributed by atoms with Gasteiger partial charge in [0, 0.05) is 12.1 Å². The van der Waals surface area contributed by atoms with E-state index in [1.807, 2.05) is 0 Å². The van der Waals surface area contributed by atoms with Crippen LogP contribution in [-0.4, -0.2) is 32.1 Å². The molecular formula is C18H24Cl3N3O3S. The zero-order chi connectivity index (χ0) is 21.2. The Kier molecular flexibility index (Phi) is 10.9. The van der Waals surface area contributed by atoms with Crippen molar-refractivity contribution >= 4 is 69.7 Å². The first kappa shape index (κ1) is 24.8. The number of alkyl halides is 3. The fourth-order valence-electron chi connectivity index (χ4n) is 2.32. The van der Waals surface area contributed by atoms with Crippen molar-refractivity contribution in [1.29, 1.82) is 0 Å². The summed E-state index contributed by atoms with van der Waals surface area (Å²) in [6.07, 6.45) is 4.40. The van der Waals surface area contributed by atoms with Crippen LogP contribution in [0.5, 0.6) is 0 Å². The van der Waals surface area contributed by atoms with Crippen LogP contribution in [0.3, 0.4) is 0 Å². The van der Waals surface area contributed by atoms with Crippen LogP contribution in [0.1, 0.15) is 55.8 Å². The zero-order valence-electron chi connectivity index (χ0n) is 15.4. The van der Waals surface area contributed by atoms with Crippen LogP contribution in [0.15, 0.2) is 24.3 Å². The fourth-order valence-corrected chi connectivity index (χ4v) is 2.88. The lowest BCUT2D eigenvalue weighted by Crippen LogP contribution is -2.56. The van der Waals surface area contributed by atoms with Crippen LogP contribution < -0.4 is 16.0 Å². The molecule has 0 saturated carbocycles. The molecule has 0 aromatic heterocycles. The van der Waals surface area contributed by atoms with Gasteiger partial charge >= 0.3 is 5.97 Å². The van der Waals surface area contributed by atoms with E-state index >= 15 is 0 Å². The predicted molar refractivity (Wildman–Crippen MR) is 118 cm³/mol. The molecule has 1 aromatic carbocycles. The molecule has 6 nitrogen and oxygen atoms in total. The number of amides is 1. The molecule has 156 valence electrons. The molecule has 4 N–H and O–H groups in total. The predicted octanol–water partition coefficient (Wildman–Crippen LogP) is 4.84. The quantitative estimate of drug-likeness (QED) is 0.170. The van der Waals surface area contributed by atoms with Crippen molar-refractivity contribution in [3.63, 3.8) is 0 Å². The Morgan fingerprint density at radius 2 is 1.68 bits per heavy atom. The Morgan fingerprint density at radius 1 is 1.07 bits per heavy atom. The molecule has 10 heteroatoms. The van der Waals surface area contributed by atoms with Gasteiger partial charge in [-0.1, -0.05) is 67.4 Å². The normalized spacial score (nSPS) is 12.1. The minimum atomic E-state index is -1.82. The SMILES string of the molecule is CCCCCCCC(=O)N[C@H](NC(=S)Nc1ccc(C(=O)O)cc1)C(Cl)(Cl)Cl. The first-order valence-corrected chi connectivity index (χ1v) is 10.4. The lowest BCUT2D eigenvalue weighted by molar-refractivity contribution is -0.122. The molecule has 1 atom stereocenters. The Bertz CT molecular complexity index is 666. The van der Waals surface area contributed by atoms with Gasteiger partial charge in [0.05, 0.1) is 5.56 Å². The van der Waals surface area contributed by atoms with Crippen molar-refractivity contribution in [1.82, 2.24) is 10.6 Å². The largest absolute Gasteiger partial charge is 0.478 e. The minimum absolute atomic E-state index is 0.114. The summed E-state index contributed by atoms with van der Waals surface area (Å²) < 4.78 is -1.82. The zero-order valence-corrected chi connectivity index (χ0v) is 18.5. The third-order valence-corrected chi connectivity index (χ3v) is 4.68. The molecule has 0 aliphatic rings. The summed E-state index contributed by atoms with van der Waals surface area (Å²) in [5.41, 5.74) is 0.697. The van der Waals surface area contributed by atoms with Crippen molar-refractivity contribution < 1.29 is 14.7 Å². The summed E-state index contributed by atoms with van der Waals surface area (Å²) in [5.74, 6) is -1.27. The maximum Gasteiger partial charge on any atom is 0.335 e. The highest BCUT2D eigenvalue weighted by molar-refractivity contribution is 7.80. The minimum Gasteiger partial charge on any atom is -0.478 e. The van der Waals surface area contributed by atoms with Gasteiger partial charge in [0.25, 0.3) is 0 Å². The standard InChI is InChI=1S/C18H24Cl3N3O3S/c1-2-3-4-5-6-7-14(25)23-16(18(19,20)21)24-17(28)22-13-10-8-12(9-11-13)15(26)27/h8-11,16H,2-7H2,1H3,(H,23,25)(H,26,27)(H2,22,24,28)/t16-/m1/s1. The van der Waals surface area contributed by atoms with E-state index in [-0.39, 0.29) is 16.6 Å². The summed E-state index contributed by atoms with van der Waals surface area (Å²) in [5, 5.41) is 17.3. The fraction of sp³-hybridized carbons (Fsp3) is 0.500. The molecular weight excluding hydrogens is 445 g/mol. The Morgan fingerprint density at radius 3 is 2.21 bits per heavy atom. The van der Waals surface area contributed by atoms with Gasteiger partial charge in [0.15, 0.2) is 5.11 Å². The van der Waals surface area contributed by atoms with E-state index in [1.54, 1.807) is 12.1 Å². The molecule has 0 heterocycles. The van der Waals surface area contributed by atoms with E-state index in [0.717, 1.165) is 32.1 Å². The number of unbranched alkanes of at least 4 members (excludes halogenated alkanes) is 4. The number of benzene rings is 1. The van der Waals surface area contributed by atoms with E-state index in [9.17, 15) is 9.59 Å². The van der Waals surface area contributed by atoms with Gasteiger partial charge in [0.1, 0.15) is 6.17 Å². The van der Waals surface area contributed by atoms with Gasteiger partial charge < -0.3 is 21.1 Å². The molecule has 0 spiro atoms. The first-order valence-electron chi connectivity index (χ1n) is 8.90. The number of carboxylic acid groups (broad SMARTS) is 1. The number of carbonyl (C=O) groups excluding carboxylic acids is 1. The molecule has 1 amide bonds. The maximum atomic E-state index is 12.1. The van der Waals surface area contributed by atoms with Crippen LogP contribution in [-0.2, 0) is 4.79 Å². The third-order valence-electron chi connectivity index (χ3n) is 3.81. The topological polar surface area (TPSA) is 90.5 Å². The van der Waals surface area contributed by atoms with Crippen molar-refractivity contribution in [2.75, 3.05) is 5.32 Å². The van der Waals surface area contributed by atoms with Gasteiger partial charge in [-0.15, -0.1) is 0 Å². The lowest BCUT2D eigenvalue weighted by Gasteiger charge is -2.27. The molecule has 1 rings (SSSR count). The molecule has 0 radical (unpaired) electrons. The van der Waals surface area contributed by atoms with E-state index < -0.39 is 15.9 Å². The average molecular weight is 469 g/mol. The van der Waals surface area contributed by atoms with Gasteiger partial charge in [-0.3, -0.25) is 4.79 Å². The van der Waals surface area contributed by atoms with Crippen molar-refractivity contribution in [3.8, 4) is 0 Å². The van der Waals surface area contributed by atoms with Gasteiger partial charge in [-0.25, -0.2) is 4.79 Å². The van der Waals surface area contributed by atoms with E-state index in [0.29, 0.717) is 12.1 Å². The number of carbonyl (C=O) groups is 2. The molecule has 28 heavy (non-hydrogen) atoms. The number of hydrogen-bond acceptors (Lipinski definition) is 3. The molecule has 0 fully saturated rings. The monoisotopic (exact) mass is 467 g/mol. The second-order valence-electron chi connectivity index (χ2n) is 6.19. The van der Waals surface area contributed by atoms with Crippen LogP contribution in [0, 0.1) is 0 Å². The molecule has 0 aliphatic heterocycles. The molecule has 0 unspecified atom stereocenters. The van der Waals surface area contributed by atoms with E-state index in [1.165, 1.54) is 12.1 Å². The second-order valence-corrected chi connectivity index (χ2v) is 8.96. The summed E-state index contributed by atoms with van der Waals surface area (Å²) in [7, 11) is 0. The average Bonchev–Trinajstić information content (AvgIpc) is 2.60. The highest BCUT2D eigenvalue weighted by atomic mass is 35.6. The lowest BCUT2D eigenvalue weighted by atomic mass is 10.1. The van der Waals surface area contributed by atoms with Gasteiger partial charge in [-0.2, -0.15) is 0 Å². The van der Waals surface area contributed by atoms with Gasteiger partial charge in [-0.05, 0) is 42.9 Å². The van der Waals surface area contributed by atoms with Crippen LogP contribution in [0.25, 0.3) is 0 Å². The number of aromatic carboxylic acids is 1. The third kappa shape index (κ3) is 9.78. The second kappa shape index (κ2) is 12.3. The van der Waals surface area contributed by atoms with Gasteiger partial charge in [0.2, 0.25) is 9.70 Å². The van der Waals surface area contributed by atoms with Crippen LogP contribution >= 0.6 is 47.0 Å². The number of halogens is 3.